The summed E-state index contributed by atoms with van der Waals surface area (Å²) in [4.78, 5) is 4.61. The third-order valence-electron chi connectivity index (χ3n) is 4.15. The minimum Gasteiger partial charge on any atom is -0.309 e. The van der Waals surface area contributed by atoms with Crippen molar-refractivity contribution in [3.63, 3.8) is 0 Å². The van der Waals surface area contributed by atoms with Crippen molar-refractivity contribution < 1.29 is 0 Å². The normalized spacial score (nSPS) is 11.6. The number of fused-ring (bicyclic) bond motifs is 5. The molecule has 0 bridgehead atoms. The third kappa shape index (κ3) is 1.51. The van der Waals surface area contributed by atoms with Gasteiger partial charge in [-0.25, -0.2) is 4.98 Å². The van der Waals surface area contributed by atoms with Crippen LogP contribution in [-0.2, 0) is 0 Å². The number of benzene rings is 3. The fraction of sp³-hybridized carbons (Fsp3) is 0. The molecule has 0 aliphatic rings. The Balaban J connectivity index is 2.08. The molecule has 0 N–H and O–H groups in total. The van der Waals surface area contributed by atoms with E-state index in [-0.39, 0.29) is 0 Å². The summed E-state index contributed by atoms with van der Waals surface area (Å²) in [5.74, 6) is 0. The first-order valence-electron chi connectivity index (χ1n) is 7.24. The first-order valence-corrected chi connectivity index (χ1v) is 8.12. The maximum atomic E-state index is 4.61. The van der Waals surface area contributed by atoms with Gasteiger partial charge in [0, 0.05) is 16.5 Å². The molecule has 0 fully saturated rings. The van der Waals surface area contributed by atoms with Crippen LogP contribution in [0.4, 0.5) is 0 Å². The molecule has 0 radical (unpaired) electrons. The zero-order valence-corrected chi connectivity index (χ0v) is 12.5. The quantitative estimate of drug-likeness (QED) is 0.405. The number of nitrogens with zero attached hydrogens (tertiary/aromatic N) is 2. The molecule has 2 nitrogen and oxygen atoms in total. The van der Waals surface area contributed by atoms with Gasteiger partial charge in [0.2, 0.25) is 0 Å². The van der Waals surface area contributed by atoms with Crippen LogP contribution >= 0.6 is 11.3 Å². The molecular formula is C19H12N2S. The summed E-state index contributed by atoms with van der Waals surface area (Å²) in [6.07, 6.45) is 0. The lowest BCUT2D eigenvalue weighted by Crippen LogP contribution is -1.92. The molecule has 0 atom stereocenters. The van der Waals surface area contributed by atoms with Gasteiger partial charge in [-0.15, -0.1) is 11.3 Å². The Morgan fingerprint density at radius 1 is 0.773 bits per heavy atom. The predicted octanol–water partition coefficient (Wildman–Crippen LogP) is 5.39. The van der Waals surface area contributed by atoms with E-state index in [4.69, 9.17) is 0 Å². The maximum Gasteiger partial charge on any atom is 0.0912 e. The monoisotopic (exact) mass is 300 g/mol. The molecule has 0 spiro atoms. The molecule has 0 saturated carbocycles. The Kier molecular flexibility index (Phi) is 2.40. The average Bonchev–Trinajstić information content (AvgIpc) is 3.17. The highest BCUT2D eigenvalue weighted by atomic mass is 32.1. The van der Waals surface area contributed by atoms with E-state index in [1.807, 2.05) is 5.51 Å². The SMILES string of the molecule is c1ccc(-n2c3ccccc3c3c4ncsc4ccc32)cc1. The van der Waals surface area contributed by atoms with Gasteiger partial charge >= 0.3 is 0 Å². The molecular weight excluding hydrogens is 288 g/mol. The van der Waals surface area contributed by atoms with Gasteiger partial charge in [-0.05, 0) is 30.3 Å². The molecule has 2 heterocycles. The first-order chi connectivity index (χ1) is 10.9. The Labute approximate surface area is 131 Å². The molecule has 3 heteroatoms. The Bertz CT molecular complexity index is 1120. The van der Waals surface area contributed by atoms with Crippen LogP contribution in [-0.4, -0.2) is 9.55 Å². The Hall–Kier alpha value is -2.65. The van der Waals surface area contributed by atoms with Crippen LogP contribution in [0.3, 0.4) is 0 Å². The van der Waals surface area contributed by atoms with E-state index in [9.17, 15) is 0 Å². The lowest BCUT2D eigenvalue weighted by atomic mass is 10.1. The predicted molar refractivity (Wildman–Crippen MR) is 94.0 cm³/mol. The van der Waals surface area contributed by atoms with Gasteiger partial charge in [0.15, 0.2) is 0 Å². The van der Waals surface area contributed by atoms with E-state index in [0.717, 1.165) is 5.52 Å². The van der Waals surface area contributed by atoms with E-state index in [0.29, 0.717) is 0 Å². The van der Waals surface area contributed by atoms with Crippen molar-refractivity contribution in [1.82, 2.24) is 9.55 Å². The van der Waals surface area contributed by atoms with Gasteiger partial charge in [0.25, 0.3) is 0 Å². The van der Waals surface area contributed by atoms with Gasteiger partial charge in [0.1, 0.15) is 0 Å². The van der Waals surface area contributed by atoms with E-state index >= 15 is 0 Å². The van der Waals surface area contributed by atoms with Gasteiger partial charge < -0.3 is 4.57 Å². The lowest BCUT2D eigenvalue weighted by molar-refractivity contribution is 1.18. The molecule has 0 unspecified atom stereocenters. The van der Waals surface area contributed by atoms with E-state index < -0.39 is 0 Å². The summed E-state index contributed by atoms with van der Waals surface area (Å²) in [5, 5.41) is 2.51. The zero-order chi connectivity index (χ0) is 14.5. The molecule has 3 aromatic carbocycles. The Morgan fingerprint density at radius 2 is 1.59 bits per heavy atom. The number of hydrogen-bond acceptors (Lipinski definition) is 2. The first kappa shape index (κ1) is 12.0. The Morgan fingerprint density at radius 3 is 2.50 bits per heavy atom. The van der Waals surface area contributed by atoms with Crippen molar-refractivity contribution >= 4 is 43.4 Å². The fourth-order valence-corrected chi connectivity index (χ4v) is 3.92. The van der Waals surface area contributed by atoms with Crippen molar-refractivity contribution in [1.29, 1.82) is 0 Å². The van der Waals surface area contributed by atoms with E-state index in [1.54, 1.807) is 11.3 Å². The lowest BCUT2D eigenvalue weighted by Gasteiger charge is -2.07. The van der Waals surface area contributed by atoms with Gasteiger partial charge in [0.05, 0.1) is 26.8 Å². The molecule has 5 aromatic rings. The number of para-hydroxylation sites is 2. The van der Waals surface area contributed by atoms with Crippen LogP contribution in [0.1, 0.15) is 0 Å². The molecule has 0 aliphatic carbocycles. The topological polar surface area (TPSA) is 17.8 Å². The zero-order valence-electron chi connectivity index (χ0n) is 11.7. The summed E-state index contributed by atoms with van der Waals surface area (Å²) >= 11 is 1.70. The van der Waals surface area contributed by atoms with Crippen molar-refractivity contribution in [2.24, 2.45) is 0 Å². The van der Waals surface area contributed by atoms with Crippen molar-refractivity contribution in [2.45, 2.75) is 0 Å². The molecule has 2 aromatic heterocycles. The van der Waals surface area contributed by atoms with Crippen LogP contribution < -0.4 is 0 Å². The second-order valence-electron chi connectivity index (χ2n) is 5.35. The molecule has 5 rings (SSSR count). The smallest absolute Gasteiger partial charge is 0.0912 e. The largest absolute Gasteiger partial charge is 0.309 e. The van der Waals surface area contributed by atoms with Crippen LogP contribution in [0.2, 0.25) is 0 Å². The molecule has 0 amide bonds. The third-order valence-corrected chi connectivity index (χ3v) is 4.94. The van der Waals surface area contributed by atoms with Gasteiger partial charge in [-0.2, -0.15) is 0 Å². The summed E-state index contributed by atoms with van der Waals surface area (Å²) in [5.41, 5.74) is 6.66. The summed E-state index contributed by atoms with van der Waals surface area (Å²) in [6.45, 7) is 0. The van der Waals surface area contributed by atoms with Crippen molar-refractivity contribution in [2.75, 3.05) is 0 Å². The van der Waals surface area contributed by atoms with Crippen LogP contribution in [0.25, 0.3) is 37.7 Å². The molecule has 104 valence electrons. The fourth-order valence-electron chi connectivity index (χ4n) is 3.24. The van der Waals surface area contributed by atoms with Crippen molar-refractivity contribution in [3.8, 4) is 5.69 Å². The van der Waals surface area contributed by atoms with Gasteiger partial charge in [-0.1, -0.05) is 36.4 Å². The van der Waals surface area contributed by atoms with Crippen molar-refractivity contribution in [3.05, 3.63) is 72.2 Å². The highest BCUT2D eigenvalue weighted by Gasteiger charge is 2.15. The number of hydrogen-bond donors (Lipinski definition) is 0. The van der Waals surface area contributed by atoms with E-state index in [1.165, 1.54) is 32.2 Å². The number of rotatable bonds is 1. The maximum absolute atomic E-state index is 4.61. The minimum atomic E-state index is 1.10. The molecule has 0 saturated heterocycles. The second-order valence-corrected chi connectivity index (χ2v) is 6.23. The van der Waals surface area contributed by atoms with Crippen LogP contribution in [0.5, 0.6) is 0 Å². The summed E-state index contributed by atoms with van der Waals surface area (Å²) in [6, 6.07) is 23.5. The minimum absolute atomic E-state index is 1.10. The van der Waals surface area contributed by atoms with Crippen LogP contribution in [0.15, 0.2) is 72.2 Å². The summed E-state index contributed by atoms with van der Waals surface area (Å²) < 4.78 is 3.56. The second kappa shape index (κ2) is 4.42. The summed E-state index contributed by atoms with van der Waals surface area (Å²) in [7, 11) is 0. The van der Waals surface area contributed by atoms with Gasteiger partial charge in [-0.3, -0.25) is 0 Å². The average molecular weight is 300 g/mol. The van der Waals surface area contributed by atoms with Crippen LogP contribution in [0, 0.1) is 0 Å². The molecule has 22 heavy (non-hydrogen) atoms. The highest BCUT2D eigenvalue weighted by Crippen LogP contribution is 2.36. The number of thiazole rings is 1. The highest BCUT2D eigenvalue weighted by molar-refractivity contribution is 7.16. The van der Waals surface area contributed by atoms with E-state index in [2.05, 4.69) is 76.3 Å². The molecule has 0 aliphatic heterocycles. The number of aromatic nitrogens is 2. The standard InChI is InChI=1S/C19H12N2S/c1-2-6-13(7-3-1)21-15-9-5-4-8-14(15)18-16(21)10-11-17-19(18)20-12-22-17/h1-12H.